The number of hydrogen-bond donors (Lipinski definition) is 1. The van der Waals surface area contributed by atoms with Crippen LogP contribution >= 0.6 is 0 Å². The number of rotatable bonds is 0. The highest BCUT2D eigenvalue weighted by molar-refractivity contribution is 5.05. The molecule has 0 fully saturated rings. The molecule has 0 amide bonds. The minimum atomic E-state index is 1.69. The van der Waals surface area contributed by atoms with Gasteiger partial charge in [-0.1, -0.05) is 0 Å². The van der Waals surface area contributed by atoms with Gasteiger partial charge in [-0.25, -0.2) is 0 Å². The summed E-state index contributed by atoms with van der Waals surface area (Å²) in [6.07, 6.45) is 10.8. The van der Waals surface area contributed by atoms with Crippen LogP contribution in [0.2, 0.25) is 0 Å². The van der Waals surface area contributed by atoms with Crippen LogP contribution in [-0.4, -0.2) is 0 Å². The van der Waals surface area contributed by atoms with E-state index >= 15 is 0 Å². The lowest BCUT2D eigenvalue weighted by molar-refractivity contribution is 1.09. The molecule has 0 aromatic rings. The SMILES string of the molecule is C1=C\[N]/C=C\N\C=C/1. The van der Waals surface area contributed by atoms with Gasteiger partial charge in [-0.05, 0) is 12.2 Å². The van der Waals surface area contributed by atoms with Gasteiger partial charge >= 0.3 is 0 Å². The summed E-state index contributed by atoms with van der Waals surface area (Å²) in [6, 6.07) is 0. The second-order valence-corrected chi connectivity index (χ2v) is 1.33. The largest absolute Gasteiger partial charge is 0.366 e. The average Bonchev–Trinajstić information content (AvgIpc) is 1.62. The van der Waals surface area contributed by atoms with Gasteiger partial charge in [0.05, 0.1) is 0 Å². The number of nitrogens with one attached hydrogen (secondary N) is 1. The molecule has 1 heterocycles. The Hall–Kier alpha value is -1.18. The van der Waals surface area contributed by atoms with E-state index in [2.05, 4.69) is 10.6 Å². The van der Waals surface area contributed by atoms with E-state index in [1.807, 2.05) is 18.4 Å². The molecule has 0 aliphatic carbocycles. The molecule has 2 heteroatoms. The zero-order valence-electron chi connectivity index (χ0n) is 4.41. The van der Waals surface area contributed by atoms with Crippen LogP contribution in [0.3, 0.4) is 0 Å². The van der Waals surface area contributed by atoms with Gasteiger partial charge in [0.15, 0.2) is 0 Å². The monoisotopic (exact) mass is 107 g/mol. The van der Waals surface area contributed by atoms with Crippen LogP contribution in [0.4, 0.5) is 0 Å². The van der Waals surface area contributed by atoms with Crippen molar-refractivity contribution in [1.29, 1.82) is 0 Å². The molecule has 8 heavy (non-hydrogen) atoms. The third kappa shape index (κ3) is 1.51. The maximum Gasteiger partial charge on any atom is 0.0427 e. The lowest BCUT2D eigenvalue weighted by Crippen LogP contribution is -1.95. The van der Waals surface area contributed by atoms with Crippen molar-refractivity contribution in [2.75, 3.05) is 0 Å². The summed E-state index contributed by atoms with van der Waals surface area (Å²) >= 11 is 0. The van der Waals surface area contributed by atoms with Gasteiger partial charge in [-0.2, -0.15) is 0 Å². The second-order valence-electron chi connectivity index (χ2n) is 1.33. The third-order valence-electron chi connectivity index (χ3n) is 0.733. The van der Waals surface area contributed by atoms with Gasteiger partial charge in [0.2, 0.25) is 0 Å². The Balaban J connectivity index is 2.51. The fourth-order valence-corrected chi connectivity index (χ4v) is 0.402. The lowest BCUT2D eigenvalue weighted by Gasteiger charge is -1.90. The number of hydrogen-bond acceptors (Lipinski definition) is 1. The van der Waals surface area contributed by atoms with Crippen LogP contribution in [0.15, 0.2) is 37.0 Å². The normalized spacial score (nSPS) is 28.0. The van der Waals surface area contributed by atoms with Gasteiger partial charge in [0.1, 0.15) is 0 Å². The molecule has 0 bridgehead atoms. The summed E-state index contributed by atoms with van der Waals surface area (Å²) in [5.74, 6) is 0. The Morgan fingerprint density at radius 2 is 2.00 bits per heavy atom. The van der Waals surface area contributed by atoms with Crippen molar-refractivity contribution in [2.24, 2.45) is 0 Å². The number of nitrogens with zero attached hydrogens (tertiary/aromatic N) is 1. The van der Waals surface area contributed by atoms with Gasteiger partial charge in [0.25, 0.3) is 0 Å². The average molecular weight is 107 g/mol. The van der Waals surface area contributed by atoms with Crippen LogP contribution in [0, 0.1) is 0 Å². The maximum atomic E-state index is 3.86. The third-order valence-corrected chi connectivity index (χ3v) is 0.733. The summed E-state index contributed by atoms with van der Waals surface area (Å²) in [5.41, 5.74) is 0. The molecule has 0 aromatic carbocycles. The van der Waals surface area contributed by atoms with E-state index < -0.39 is 0 Å². The molecule has 1 rings (SSSR count). The molecule has 0 saturated carbocycles. The molecule has 1 aliphatic rings. The van der Waals surface area contributed by atoms with Gasteiger partial charge in [0, 0.05) is 24.8 Å². The van der Waals surface area contributed by atoms with E-state index in [9.17, 15) is 0 Å². The first kappa shape index (κ1) is 4.97. The van der Waals surface area contributed by atoms with Crippen molar-refractivity contribution in [1.82, 2.24) is 10.6 Å². The molecule has 1 radical (unpaired) electrons. The van der Waals surface area contributed by atoms with E-state index in [4.69, 9.17) is 0 Å². The van der Waals surface area contributed by atoms with E-state index in [0.29, 0.717) is 0 Å². The Morgan fingerprint density at radius 3 is 3.00 bits per heavy atom. The van der Waals surface area contributed by atoms with Crippen LogP contribution in [0.25, 0.3) is 0 Å². The van der Waals surface area contributed by atoms with Crippen molar-refractivity contribution in [3.8, 4) is 0 Å². The molecule has 0 atom stereocenters. The molecule has 2 nitrogen and oxygen atoms in total. The molecular weight excluding hydrogens is 100 g/mol. The fourth-order valence-electron chi connectivity index (χ4n) is 0.402. The van der Waals surface area contributed by atoms with Gasteiger partial charge in [-0.3, -0.25) is 5.32 Å². The predicted octanol–water partition coefficient (Wildman–Crippen LogP) is 0.693. The molecule has 0 aromatic heterocycles. The molecule has 0 spiro atoms. The minimum Gasteiger partial charge on any atom is -0.366 e. The fraction of sp³-hybridized carbons (Fsp3) is 0. The molecule has 1 aliphatic heterocycles. The van der Waals surface area contributed by atoms with E-state index in [1.165, 1.54) is 0 Å². The zero-order valence-corrected chi connectivity index (χ0v) is 4.41. The van der Waals surface area contributed by atoms with Gasteiger partial charge < -0.3 is 5.32 Å². The van der Waals surface area contributed by atoms with Crippen LogP contribution in [-0.2, 0) is 0 Å². The minimum absolute atomic E-state index is 1.69. The Morgan fingerprint density at radius 1 is 1.00 bits per heavy atom. The van der Waals surface area contributed by atoms with Crippen molar-refractivity contribution in [3.63, 3.8) is 0 Å². The van der Waals surface area contributed by atoms with Crippen molar-refractivity contribution < 1.29 is 0 Å². The lowest BCUT2D eigenvalue weighted by atomic mass is 10.5. The first-order valence-electron chi connectivity index (χ1n) is 2.43. The quantitative estimate of drug-likeness (QED) is 0.484. The Bertz CT molecular complexity index is 117. The first-order chi connectivity index (χ1) is 4.00. The summed E-state index contributed by atoms with van der Waals surface area (Å²) in [7, 11) is 0. The molecule has 0 saturated heterocycles. The smallest absolute Gasteiger partial charge is 0.0427 e. The van der Waals surface area contributed by atoms with Crippen molar-refractivity contribution in [3.05, 3.63) is 37.0 Å². The second kappa shape index (κ2) is 2.91. The first-order valence-corrected chi connectivity index (χ1v) is 2.43. The Labute approximate surface area is 48.6 Å². The summed E-state index contributed by atoms with van der Waals surface area (Å²) in [6.45, 7) is 0. The standard InChI is InChI=1S/C6H7N2/c1-2-4-8-6-5-7-3-1/h1-7H/b3-1-,4-2-,6-5-. The highest BCUT2D eigenvalue weighted by atomic mass is 14.9. The highest BCUT2D eigenvalue weighted by Crippen LogP contribution is 1.77. The van der Waals surface area contributed by atoms with Crippen molar-refractivity contribution in [2.45, 2.75) is 0 Å². The van der Waals surface area contributed by atoms with Gasteiger partial charge in [-0.15, -0.1) is 0 Å². The summed E-state index contributed by atoms with van der Waals surface area (Å²) in [5, 5.41) is 6.74. The molecular formula is C6H7N2. The van der Waals surface area contributed by atoms with Crippen LogP contribution in [0.5, 0.6) is 0 Å². The zero-order chi connectivity index (χ0) is 5.66. The summed E-state index contributed by atoms with van der Waals surface area (Å²) in [4.78, 5) is 0. The number of allylic oxidation sites excluding steroid dienone is 2. The van der Waals surface area contributed by atoms with E-state index in [-0.39, 0.29) is 0 Å². The topological polar surface area (TPSA) is 26.1 Å². The van der Waals surface area contributed by atoms with Crippen molar-refractivity contribution >= 4 is 0 Å². The van der Waals surface area contributed by atoms with E-state index in [0.717, 1.165) is 0 Å². The summed E-state index contributed by atoms with van der Waals surface area (Å²) < 4.78 is 0. The predicted molar refractivity (Wildman–Crippen MR) is 32.7 cm³/mol. The highest BCUT2D eigenvalue weighted by Gasteiger charge is 1.71. The van der Waals surface area contributed by atoms with Crippen LogP contribution in [0.1, 0.15) is 0 Å². The Kier molecular flexibility index (Phi) is 1.80. The molecule has 0 unspecified atom stereocenters. The maximum absolute atomic E-state index is 3.86. The van der Waals surface area contributed by atoms with Crippen LogP contribution < -0.4 is 10.6 Å². The van der Waals surface area contributed by atoms with E-state index in [1.54, 1.807) is 18.6 Å². The molecule has 41 valence electrons. The molecule has 1 N–H and O–H groups in total.